The molecule has 4 nitrogen and oxygen atoms in total. The van der Waals surface area contributed by atoms with Crippen molar-refractivity contribution in [2.75, 3.05) is 6.54 Å². The molecule has 1 saturated carbocycles. The van der Waals surface area contributed by atoms with Gasteiger partial charge in [0.1, 0.15) is 0 Å². The van der Waals surface area contributed by atoms with Crippen LogP contribution in [0.1, 0.15) is 41.0 Å². The highest BCUT2D eigenvalue weighted by atomic mass is 16.2. The maximum Gasteiger partial charge on any atom is 0.256 e. The zero-order valence-corrected chi connectivity index (χ0v) is 13.6. The predicted molar refractivity (Wildman–Crippen MR) is 89.5 cm³/mol. The van der Waals surface area contributed by atoms with E-state index in [4.69, 9.17) is 5.26 Å². The summed E-state index contributed by atoms with van der Waals surface area (Å²) in [6, 6.07) is 14.3. The summed E-state index contributed by atoms with van der Waals surface area (Å²) in [4.78, 5) is 14.9. The summed E-state index contributed by atoms with van der Waals surface area (Å²) in [5.74, 6) is 0.0332. The van der Waals surface area contributed by atoms with Gasteiger partial charge in [-0.25, -0.2) is 0 Å². The van der Waals surface area contributed by atoms with Gasteiger partial charge in [-0.15, -0.1) is 0 Å². The third-order valence-corrected chi connectivity index (χ3v) is 4.36. The number of para-hydroxylation sites is 1. The Hall–Kier alpha value is -2.54. The van der Waals surface area contributed by atoms with Crippen molar-refractivity contribution in [3.63, 3.8) is 0 Å². The summed E-state index contributed by atoms with van der Waals surface area (Å²) >= 11 is 0. The Bertz CT molecular complexity index is 746. The molecule has 0 spiro atoms. The minimum atomic E-state index is 0.0332. The van der Waals surface area contributed by atoms with E-state index in [1.54, 1.807) is 0 Å². The molecular formula is C19H21N3O. The molecule has 0 aliphatic heterocycles. The van der Waals surface area contributed by atoms with E-state index in [2.05, 4.69) is 22.8 Å². The van der Waals surface area contributed by atoms with Crippen molar-refractivity contribution in [3.05, 3.63) is 53.3 Å². The van der Waals surface area contributed by atoms with Gasteiger partial charge < -0.3 is 9.47 Å². The van der Waals surface area contributed by atoms with Crippen molar-refractivity contribution in [2.24, 2.45) is 0 Å². The highest BCUT2D eigenvalue weighted by Gasteiger charge is 2.33. The first-order valence-electron chi connectivity index (χ1n) is 8.05. The van der Waals surface area contributed by atoms with E-state index in [0.717, 1.165) is 29.9 Å². The molecule has 4 heteroatoms. The van der Waals surface area contributed by atoms with Crippen molar-refractivity contribution in [1.29, 1.82) is 5.26 Å². The zero-order valence-electron chi connectivity index (χ0n) is 13.6. The van der Waals surface area contributed by atoms with Crippen molar-refractivity contribution in [3.8, 4) is 11.8 Å². The Kier molecular flexibility index (Phi) is 4.20. The minimum absolute atomic E-state index is 0.0332. The van der Waals surface area contributed by atoms with E-state index in [1.165, 1.54) is 0 Å². The second-order valence-electron chi connectivity index (χ2n) is 6.11. The van der Waals surface area contributed by atoms with Crippen LogP contribution >= 0.6 is 0 Å². The number of hydrogen-bond acceptors (Lipinski definition) is 2. The number of hydrogen-bond donors (Lipinski definition) is 0. The summed E-state index contributed by atoms with van der Waals surface area (Å²) in [7, 11) is 0. The molecule has 1 aromatic carbocycles. The molecule has 1 heterocycles. The summed E-state index contributed by atoms with van der Waals surface area (Å²) in [5, 5.41) is 8.86. The van der Waals surface area contributed by atoms with E-state index in [0.29, 0.717) is 24.6 Å². The molecule has 1 amide bonds. The maximum atomic E-state index is 13.1. The first-order chi connectivity index (χ1) is 11.1. The third-order valence-electron chi connectivity index (χ3n) is 4.36. The summed E-state index contributed by atoms with van der Waals surface area (Å²) < 4.78 is 2.11. The van der Waals surface area contributed by atoms with Crippen LogP contribution in [0.3, 0.4) is 0 Å². The largest absolute Gasteiger partial charge is 0.335 e. The molecule has 1 fully saturated rings. The number of benzene rings is 1. The number of aromatic nitrogens is 1. The van der Waals surface area contributed by atoms with Crippen molar-refractivity contribution in [2.45, 2.75) is 39.2 Å². The number of carbonyl (C=O) groups excluding carboxylic acids is 1. The molecule has 0 atom stereocenters. The summed E-state index contributed by atoms with van der Waals surface area (Å²) in [6.45, 7) is 4.60. The van der Waals surface area contributed by atoms with Gasteiger partial charge >= 0.3 is 0 Å². The number of rotatable bonds is 5. The van der Waals surface area contributed by atoms with E-state index in [1.807, 2.05) is 43.0 Å². The van der Waals surface area contributed by atoms with Gasteiger partial charge in [-0.3, -0.25) is 4.79 Å². The number of carbonyl (C=O) groups is 1. The molecule has 1 aliphatic carbocycles. The molecular weight excluding hydrogens is 286 g/mol. The second kappa shape index (κ2) is 6.29. The lowest BCUT2D eigenvalue weighted by atomic mass is 10.1. The Balaban J connectivity index is 2.00. The van der Waals surface area contributed by atoms with E-state index in [9.17, 15) is 4.79 Å². The molecule has 118 valence electrons. The summed E-state index contributed by atoms with van der Waals surface area (Å²) in [6.07, 6.45) is 2.47. The molecule has 0 N–H and O–H groups in total. The second-order valence-corrected chi connectivity index (χ2v) is 6.11. The molecule has 2 aromatic rings. The SMILES string of the molecule is Cc1ccc(C)n1-c1ccccc1C(=O)N(CCC#N)C1CC1. The summed E-state index contributed by atoms with van der Waals surface area (Å²) in [5.41, 5.74) is 3.84. The molecule has 0 unspecified atom stereocenters. The lowest BCUT2D eigenvalue weighted by Crippen LogP contribution is -2.34. The van der Waals surface area contributed by atoms with Gasteiger partial charge in [-0.1, -0.05) is 12.1 Å². The van der Waals surface area contributed by atoms with Crippen LogP contribution in [-0.2, 0) is 0 Å². The van der Waals surface area contributed by atoms with Crippen molar-refractivity contribution >= 4 is 5.91 Å². The van der Waals surface area contributed by atoms with Gasteiger partial charge in [-0.05, 0) is 51.0 Å². The van der Waals surface area contributed by atoms with Crippen LogP contribution in [0, 0.1) is 25.2 Å². The van der Waals surface area contributed by atoms with Crippen LogP contribution in [0.25, 0.3) is 5.69 Å². The first kappa shape index (κ1) is 15.4. The van der Waals surface area contributed by atoms with Gasteiger partial charge in [0.25, 0.3) is 5.91 Å². The van der Waals surface area contributed by atoms with Crippen LogP contribution in [0.4, 0.5) is 0 Å². The molecule has 0 saturated heterocycles. The van der Waals surface area contributed by atoms with Crippen LogP contribution in [0.5, 0.6) is 0 Å². The lowest BCUT2D eigenvalue weighted by Gasteiger charge is -2.23. The molecule has 1 aromatic heterocycles. The van der Waals surface area contributed by atoms with Crippen LogP contribution in [0.15, 0.2) is 36.4 Å². The highest BCUT2D eigenvalue weighted by molar-refractivity contribution is 5.98. The zero-order chi connectivity index (χ0) is 16.4. The number of nitrogens with zero attached hydrogens (tertiary/aromatic N) is 3. The average Bonchev–Trinajstić information content (AvgIpc) is 3.33. The average molecular weight is 307 g/mol. The van der Waals surface area contributed by atoms with Gasteiger partial charge in [0.15, 0.2) is 0 Å². The topological polar surface area (TPSA) is 49.0 Å². The molecule has 0 bridgehead atoms. The van der Waals surface area contributed by atoms with Gasteiger partial charge in [0.2, 0.25) is 0 Å². The monoisotopic (exact) mass is 307 g/mol. The fraction of sp³-hybridized carbons (Fsp3) is 0.368. The fourth-order valence-corrected chi connectivity index (χ4v) is 3.06. The maximum absolute atomic E-state index is 13.1. The Labute approximate surface area is 137 Å². The highest BCUT2D eigenvalue weighted by Crippen LogP contribution is 2.30. The van der Waals surface area contributed by atoms with E-state index < -0.39 is 0 Å². The van der Waals surface area contributed by atoms with E-state index >= 15 is 0 Å². The van der Waals surface area contributed by atoms with Crippen LogP contribution in [-0.4, -0.2) is 28.0 Å². The molecule has 3 rings (SSSR count). The molecule has 0 radical (unpaired) electrons. The normalized spacial score (nSPS) is 13.6. The van der Waals surface area contributed by atoms with Crippen molar-refractivity contribution in [1.82, 2.24) is 9.47 Å². The lowest BCUT2D eigenvalue weighted by molar-refractivity contribution is 0.0747. The van der Waals surface area contributed by atoms with Gasteiger partial charge in [-0.2, -0.15) is 5.26 Å². The van der Waals surface area contributed by atoms with Gasteiger partial charge in [0, 0.05) is 24.0 Å². The molecule has 23 heavy (non-hydrogen) atoms. The number of nitriles is 1. The van der Waals surface area contributed by atoms with Crippen LogP contribution < -0.4 is 0 Å². The first-order valence-corrected chi connectivity index (χ1v) is 8.05. The third kappa shape index (κ3) is 3.00. The van der Waals surface area contributed by atoms with E-state index in [-0.39, 0.29) is 5.91 Å². The van der Waals surface area contributed by atoms with Crippen molar-refractivity contribution < 1.29 is 4.79 Å². The quantitative estimate of drug-likeness (QED) is 0.847. The Morgan fingerprint density at radius 3 is 2.48 bits per heavy atom. The van der Waals surface area contributed by atoms with Gasteiger partial charge in [0.05, 0.1) is 23.7 Å². The number of aryl methyl sites for hydroxylation is 2. The molecule has 1 aliphatic rings. The standard InChI is InChI=1S/C19H21N3O/c1-14-8-9-15(2)22(14)18-7-4-3-6-17(18)19(23)21(13-5-12-20)16-10-11-16/h3-4,6-9,16H,5,10-11,13H2,1-2H3. The minimum Gasteiger partial charge on any atom is -0.335 e. The Morgan fingerprint density at radius 1 is 1.22 bits per heavy atom. The Morgan fingerprint density at radius 2 is 1.87 bits per heavy atom. The smallest absolute Gasteiger partial charge is 0.256 e. The fourth-order valence-electron chi connectivity index (χ4n) is 3.06. The predicted octanol–water partition coefficient (Wildman–Crippen LogP) is 3.61. The van der Waals surface area contributed by atoms with Crippen LogP contribution in [0.2, 0.25) is 0 Å². The number of amides is 1.